The molecule has 3 atom stereocenters. The molecule has 1 aliphatic carbocycles. The third-order valence-electron chi connectivity index (χ3n) is 4.10. The van der Waals surface area contributed by atoms with Crippen LogP contribution >= 0.6 is 15.9 Å². The summed E-state index contributed by atoms with van der Waals surface area (Å²) in [6.45, 7) is 2.82. The molecule has 2 nitrogen and oxygen atoms in total. The molecule has 19 heavy (non-hydrogen) atoms. The Morgan fingerprint density at radius 2 is 2.26 bits per heavy atom. The summed E-state index contributed by atoms with van der Waals surface area (Å²) in [5, 5.41) is 0. The van der Waals surface area contributed by atoms with Gasteiger partial charge in [0.25, 0.3) is 0 Å². The molecule has 3 unspecified atom stereocenters. The molecule has 2 rings (SSSR count). The van der Waals surface area contributed by atoms with Gasteiger partial charge in [-0.05, 0) is 36.5 Å². The van der Waals surface area contributed by atoms with Crippen LogP contribution in [-0.2, 0) is 4.74 Å². The molecule has 0 spiro atoms. The molecule has 1 aromatic rings. The van der Waals surface area contributed by atoms with Crippen molar-refractivity contribution in [2.24, 2.45) is 11.7 Å². The van der Waals surface area contributed by atoms with Crippen LogP contribution in [0, 0.1) is 5.92 Å². The third kappa shape index (κ3) is 4.30. The van der Waals surface area contributed by atoms with Crippen molar-refractivity contribution in [1.82, 2.24) is 0 Å². The molecule has 0 heterocycles. The molecule has 0 bridgehead atoms. The van der Waals surface area contributed by atoms with Crippen LogP contribution in [0.15, 0.2) is 28.7 Å². The summed E-state index contributed by atoms with van der Waals surface area (Å²) in [6.07, 6.45) is 6.70. The van der Waals surface area contributed by atoms with Gasteiger partial charge in [0, 0.05) is 11.0 Å². The van der Waals surface area contributed by atoms with Gasteiger partial charge in [-0.25, -0.2) is 0 Å². The van der Waals surface area contributed by atoms with Crippen molar-refractivity contribution in [3.05, 3.63) is 34.3 Å². The zero-order chi connectivity index (χ0) is 13.7. The third-order valence-corrected chi connectivity index (χ3v) is 4.60. The van der Waals surface area contributed by atoms with Gasteiger partial charge in [-0.2, -0.15) is 0 Å². The van der Waals surface area contributed by atoms with E-state index in [1.54, 1.807) is 0 Å². The smallest absolute Gasteiger partial charge is 0.0951 e. The quantitative estimate of drug-likeness (QED) is 0.868. The molecule has 0 radical (unpaired) electrons. The predicted octanol–water partition coefficient (Wildman–Crippen LogP) is 4.43. The first-order valence-electron chi connectivity index (χ1n) is 7.34. The first-order chi connectivity index (χ1) is 9.22. The van der Waals surface area contributed by atoms with Crippen LogP contribution in [0.4, 0.5) is 0 Å². The molecule has 1 saturated carbocycles. The normalized spacial score (nSPS) is 25.2. The molecule has 106 valence electrons. The lowest BCUT2D eigenvalue weighted by atomic mass is 9.85. The lowest BCUT2D eigenvalue weighted by Crippen LogP contribution is -2.27. The maximum atomic E-state index is 6.27. The van der Waals surface area contributed by atoms with Gasteiger partial charge in [0.1, 0.15) is 0 Å². The minimum atomic E-state index is 0.0260. The second-order valence-electron chi connectivity index (χ2n) is 5.48. The highest BCUT2D eigenvalue weighted by atomic mass is 79.9. The van der Waals surface area contributed by atoms with Crippen LogP contribution in [0.5, 0.6) is 0 Å². The molecule has 0 amide bonds. The Morgan fingerprint density at radius 3 is 2.95 bits per heavy atom. The number of ether oxygens (including phenoxy) is 1. The maximum Gasteiger partial charge on any atom is 0.0951 e. The highest BCUT2D eigenvalue weighted by molar-refractivity contribution is 9.10. The monoisotopic (exact) mass is 325 g/mol. The summed E-state index contributed by atoms with van der Waals surface area (Å²) >= 11 is 3.51. The van der Waals surface area contributed by atoms with E-state index in [9.17, 15) is 0 Å². The Hall–Kier alpha value is -0.380. The Kier molecular flexibility index (Phi) is 5.86. The van der Waals surface area contributed by atoms with Crippen LogP contribution in [0.25, 0.3) is 0 Å². The maximum absolute atomic E-state index is 6.27. The van der Waals surface area contributed by atoms with Crippen molar-refractivity contribution in [2.45, 2.75) is 51.2 Å². The van der Waals surface area contributed by atoms with Gasteiger partial charge in [0.2, 0.25) is 0 Å². The van der Waals surface area contributed by atoms with E-state index in [2.05, 4.69) is 35.0 Å². The fourth-order valence-corrected chi connectivity index (χ4v) is 3.36. The second-order valence-corrected chi connectivity index (χ2v) is 6.39. The summed E-state index contributed by atoms with van der Waals surface area (Å²) in [5.74, 6) is 0.833. The first kappa shape index (κ1) is 15.0. The van der Waals surface area contributed by atoms with Crippen molar-refractivity contribution in [1.29, 1.82) is 0 Å². The largest absolute Gasteiger partial charge is 0.369 e. The Balaban J connectivity index is 1.99. The van der Waals surface area contributed by atoms with Crippen molar-refractivity contribution in [3.8, 4) is 0 Å². The van der Waals surface area contributed by atoms with Gasteiger partial charge in [0.15, 0.2) is 0 Å². The van der Waals surface area contributed by atoms with Gasteiger partial charge in [-0.1, -0.05) is 54.2 Å². The minimum absolute atomic E-state index is 0.0260. The Bertz CT molecular complexity index is 396. The van der Waals surface area contributed by atoms with Crippen LogP contribution in [0.3, 0.4) is 0 Å². The predicted molar refractivity (Wildman–Crippen MR) is 83.1 cm³/mol. The number of nitrogens with two attached hydrogens (primary N) is 1. The molecular weight excluding hydrogens is 302 g/mol. The SMILES string of the molecule is CCC1CCCC(OC(CN)c2cccc(Br)c2)C1. The molecule has 1 fully saturated rings. The van der Waals surface area contributed by atoms with Crippen molar-refractivity contribution in [3.63, 3.8) is 0 Å². The van der Waals surface area contributed by atoms with E-state index in [4.69, 9.17) is 10.5 Å². The van der Waals surface area contributed by atoms with E-state index in [0.29, 0.717) is 12.6 Å². The van der Waals surface area contributed by atoms with E-state index in [-0.39, 0.29) is 6.10 Å². The molecule has 1 aliphatic rings. The summed E-state index contributed by atoms with van der Waals surface area (Å²) < 4.78 is 7.35. The van der Waals surface area contributed by atoms with Gasteiger partial charge < -0.3 is 10.5 Å². The van der Waals surface area contributed by atoms with Crippen molar-refractivity contribution in [2.75, 3.05) is 6.54 Å². The fraction of sp³-hybridized carbons (Fsp3) is 0.625. The topological polar surface area (TPSA) is 35.2 Å². The molecule has 1 aromatic carbocycles. The van der Waals surface area contributed by atoms with Gasteiger partial charge in [-0.3, -0.25) is 0 Å². The van der Waals surface area contributed by atoms with E-state index < -0.39 is 0 Å². The average molecular weight is 326 g/mol. The standard InChI is InChI=1S/C16H24BrNO/c1-2-12-5-3-8-15(9-12)19-16(11-18)13-6-4-7-14(17)10-13/h4,6-7,10,12,15-16H,2-3,5,8-9,11,18H2,1H3. The molecule has 2 N–H and O–H groups in total. The van der Waals surface area contributed by atoms with Crippen LogP contribution in [0.2, 0.25) is 0 Å². The average Bonchev–Trinajstić information content (AvgIpc) is 2.45. The molecule has 0 saturated heterocycles. The highest BCUT2D eigenvalue weighted by Crippen LogP contribution is 2.32. The molecular formula is C16H24BrNO. The summed E-state index contributed by atoms with van der Waals surface area (Å²) in [5.41, 5.74) is 7.08. The van der Waals surface area contributed by atoms with E-state index in [1.807, 2.05) is 12.1 Å². The highest BCUT2D eigenvalue weighted by Gasteiger charge is 2.24. The fourth-order valence-electron chi connectivity index (χ4n) is 2.95. The summed E-state index contributed by atoms with van der Waals surface area (Å²) in [7, 11) is 0. The van der Waals surface area contributed by atoms with Crippen molar-refractivity contribution >= 4 is 15.9 Å². The molecule has 0 aromatic heterocycles. The molecule has 0 aliphatic heterocycles. The lowest BCUT2D eigenvalue weighted by molar-refractivity contribution is -0.0382. The van der Waals surface area contributed by atoms with Crippen LogP contribution < -0.4 is 5.73 Å². The second kappa shape index (κ2) is 7.41. The number of halogens is 1. The van der Waals surface area contributed by atoms with E-state index >= 15 is 0 Å². The summed E-state index contributed by atoms with van der Waals surface area (Å²) in [4.78, 5) is 0. The zero-order valence-corrected chi connectivity index (χ0v) is 13.2. The first-order valence-corrected chi connectivity index (χ1v) is 8.13. The number of hydrogen-bond acceptors (Lipinski definition) is 2. The number of benzene rings is 1. The Morgan fingerprint density at radius 1 is 1.42 bits per heavy atom. The number of hydrogen-bond donors (Lipinski definition) is 1. The molecule has 3 heteroatoms. The Labute approximate surface area is 124 Å². The van der Waals surface area contributed by atoms with Crippen LogP contribution in [0.1, 0.15) is 50.7 Å². The summed E-state index contributed by atoms with van der Waals surface area (Å²) in [6, 6.07) is 8.28. The van der Waals surface area contributed by atoms with E-state index in [0.717, 1.165) is 10.4 Å². The number of rotatable bonds is 5. The van der Waals surface area contributed by atoms with Gasteiger partial charge in [-0.15, -0.1) is 0 Å². The van der Waals surface area contributed by atoms with Gasteiger partial charge >= 0.3 is 0 Å². The lowest BCUT2D eigenvalue weighted by Gasteiger charge is -2.31. The van der Waals surface area contributed by atoms with Crippen LogP contribution in [-0.4, -0.2) is 12.6 Å². The van der Waals surface area contributed by atoms with Gasteiger partial charge in [0.05, 0.1) is 12.2 Å². The van der Waals surface area contributed by atoms with E-state index in [1.165, 1.54) is 37.7 Å². The van der Waals surface area contributed by atoms with Crippen molar-refractivity contribution < 1.29 is 4.74 Å². The minimum Gasteiger partial charge on any atom is -0.369 e. The zero-order valence-electron chi connectivity index (χ0n) is 11.6.